The van der Waals surface area contributed by atoms with Crippen LogP contribution in [0.15, 0.2) is 24.5 Å². The average molecular weight is 231 g/mol. The van der Waals surface area contributed by atoms with Crippen molar-refractivity contribution in [2.45, 2.75) is 13.5 Å². The van der Waals surface area contributed by atoms with Crippen molar-refractivity contribution in [3.63, 3.8) is 0 Å². The Hall–Kier alpha value is -2.04. The number of nitrogen functional groups attached to an aromatic ring is 1. The van der Waals surface area contributed by atoms with Gasteiger partial charge < -0.3 is 10.6 Å². The minimum Gasteiger partial charge on any atom is -0.397 e. The first kappa shape index (κ1) is 11.4. The van der Waals surface area contributed by atoms with Crippen LogP contribution in [0.2, 0.25) is 0 Å². The standard InChI is InChI=1S/C12H17N5/c1-9-11(13)4-5-12(15-9)16(2)7-10-6-14-17(3)8-10/h4-6,8H,7,13H2,1-3H3. The van der Waals surface area contributed by atoms with Gasteiger partial charge in [-0.2, -0.15) is 5.10 Å². The van der Waals surface area contributed by atoms with E-state index in [0.717, 1.165) is 29.3 Å². The number of rotatable bonds is 3. The smallest absolute Gasteiger partial charge is 0.128 e. The van der Waals surface area contributed by atoms with Crippen molar-refractivity contribution in [1.29, 1.82) is 0 Å². The van der Waals surface area contributed by atoms with Gasteiger partial charge in [0.15, 0.2) is 0 Å². The zero-order chi connectivity index (χ0) is 12.4. The molecule has 0 aromatic carbocycles. The third-order valence-corrected chi connectivity index (χ3v) is 2.68. The normalized spacial score (nSPS) is 10.5. The zero-order valence-electron chi connectivity index (χ0n) is 10.4. The van der Waals surface area contributed by atoms with E-state index >= 15 is 0 Å². The number of aryl methyl sites for hydroxylation is 2. The molecule has 0 saturated carbocycles. The van der Waals surface area contributed by atoms with Crippen molar-refractivity contribution in [2.24, 2.45) is 7.05 Å². The molecule has 0 amide bonds. The third kappa shape index (κ3) is 2.55. The molecule has 0 fully saturated rings. The molecular weight excluding hydrogens is 214 g/mol. The van der Waals surface area contributed by atoms with Crippen molar-refractivity contribution in [1.82, 2.24) is 14.8 Å². The van der Waals surface area contributed by atoms with Gasteiger partial charge in [0, 0.05) is 32.4 Å². The summed E-state index contributed by atoms with van der Waals surface area (Å²) < 4.78 is 1.80. The van der Waals surface area contributed by atoms with Crippen LogP contribution >= 0.6 is 0 Å². The summed E-state index contributed by atoms with van der Waals surface area (Å²) in [4.78, 5) is 6.52. The van der Waals surface area contributed by atoms with Gasteiger partial charge in [0.1, 0.15) is 5.82 Å². The van der Waals surface area contributed by atoms with E-state index in [4.69, 9.17) is 5.73 Å². The molecule has 0 atom stereocenters. The topological polar surface area (TPSA) is 60.0 Å². The number of hydrogen-bond acceptors (Lipinski definition) is 4. The first-order valence-corrected chi connectivity index (χ1v) is 5.48. The van der Waals surface area contributed by atoms with Crippen LogP contribution in [0.1, 0.15) is 11.3 Å². The molecule has 0 aliphatic rings. The predicted octanol–water partition coefficient (Wildman–Crippen LogP) is 1.34. The van der Waals surface area contributed by atoms with Crippen molar-refractivity contribution in [2.75, 3.05) is 17.7 Å². The second kappa shape index (κ2) is 4.45. The summed E-state index contributed by atoms with van der Waals surface area (Å²) in [7, 11) is 3.92. The molecule has 0 spiro atoms. The Morgan fingerprint density at radius 3 is 2.76 bits per heavy atom. The number of hydrogen-bond donors (Lipinski definition) is 1. The van der Waals surface area contributed by atoms with Crippen LogP contribution in [0, 0.1) is 6.92 Å². The van der Waals surface area contributed by atoms with Crippen LogP contribution in [-0.4, -0.2) is 21.8 Å². The molecule has 2 heterocycles. The Labute approximate surface area is 101 Å². The predicted molar refractivity (Wildman–Crippen MR) is 68.7 cm³/mol. The van der Waals surface area contributed by atoms with Gasteiger partial charge in [-0.3, -0.25) is 4.68 Å². The Bertz CT molecular complexity index is 517. The minimum atomic E-state index is 0.725. The lowest BCUT2D eigenvalue weighted by atomic mass is 10.3. The summed E-state index contributed by atoms with van der Waals surface area (Å²) in [5.74, 6) is 0.917. The van der Waals surface area contributed by atoms with E-state index in [0.29, 0.717) is 0 Å². The largest absolute Gasteiger partial charge is 0.397 e. The van der Waals surface area contributed by atoms with Gasteiger partial charge in [0.05, 0.1) is 17.6 Å². The number of aromatic nitrogens is 3. The fourth-order valence-electron chi connectivity index (χ4n) is 1.68. The van der Waals surface area contributed by atoms with Gasteiger partial charge in [-0.1, -0.05) is 0 Å². The van der Waals surface area contributed by atoms with Crippen LogP contribution in [0.3, 0.4) is 0 Å². The second-order valence-corrected chi connectivity index (χ2v) is 4.22. The molecule has 2 rings (SSSR count). The zero-order valence-corrected chi connectivity index (χ0v) is 10.4. The number of pyridine rings is 1. The van der Waals surface area contributed by atoms with Crippen LogP contribution in [0.5, 0.6) is 0 Å². The van der Waals surface area contributed by atoms with Gasteiger partial charge in [-0.15, -0.1) is 0 Å². The minimum absolute atomic E-state index is 0.725. The van der Waals surface area contributed by atoms with Crippen molar-refractivity contribution in [3.05, 3.63) is 35.8 Å². The lowest BCUT2D eigenvalue weighted by Gasteiger charge is -2.18. The molecule has 0 saturated heterocycles. The van der Waals surface area contributed by atoms with Gasteiger partial charge >= 0.3 is 0 Å². The molecule has 2 aromatic heterocycles. The first-order valence-electron chi connectivity index (χ1n) is 5.48. The Morgan fingerprint density at radius 2 is 2.18 bits per heavy atom. The molecule has 5 heteroatoms. The average Bonchev–Trinajstić information content (AvgIpc) is 2.68. The lowest BCUT2D eigenvalue weighted by molar-refractivity contribution is 0.766. The molecule has 0 bridgehead atoms. The molecule has 0 unspecified atom stereocenters. The molecule has 90 valence electrons. The quantitative estimate of drug-likeness (QED) is 0.866. The Balaban J connectivity index is 2.14. The molecule has 0 aliphatic carbocycles. The summed E-state index contributed by atoms with van der Waals surface area (Å²) in [6.07, 6.45) is 3.86. The summed E-state index contributed by atoms with van der Waals surface area (Å²) >= 11 is 0. The maximum absolute atomic E-state index is 5.75. The van der Waals surface area contributed by atoms with Crippen LogP contribution in [0.4, 0.5) is 11.5 Å². The van der Waals surface area contributed by atoms with E-state index in [1.54, 1.807) is 4.68 Å². The summed E-state index contributed by atoms with van der Waals surface area (Å²) in [6.45, 7) is 2.70. The fraction of sp³-hybridized carbons (Fsp3) is 0.333. The number of anilines is 2. The van der Waals surface area contributed by atoms with Crippen LogP contribution in [-0.2, 0) is 13.6 Å². The second-order valence-electron chi connectivity index (χ2n) is 4.22. The van der Waals surface area contributed by atoms with Gasteiger partial charge in [-0.25, -0.2) is 4.98 Å². The highest BCUT2D eigenvalue weighted by molar-refractivity contribution is 5.50. The molecule has 5 nitrogen and oxygen atoms in total. The van der Waals surface area contributed by atoms with Gasteiger partial charge in [-0.05, 0) is 19.1 Å². The number of nitrogens with two attached hydrogens (primary N) is 1. The van der Waals surface area contributed by atoms with E-state index < -0.39 is 0 Å². The van der Waals surface area contributed by atoms with Gasteiger partial charge in [0.25, 0.3) is 0 Å². The lowest BCUT2D eigenvalue weighted by Crippen LogP contribution is -2.17. The summed E-state index contributed by atoms with van der Waals surface area (Å²) in [6, 6.07) is 3.82. The first-order chi connectivity index (χ1) is 8.06. The Kier molecular flexibility index (Phi) is 2.99. The summed E-state index contributed by atoms with van der Waals surface area (Å²) in [5.41, 5.74) is 8.50. The number of nitrogens with zero attached hydrogens (tertiary/aromatic N) is 4. The maximum atomic E-state index is 5.75. The monoisotopic (exact) mass is 231 g/mol. The molecule has 2 N–H and O–H groups in total. The van der Waals surface area contributed by atoms with Crippen molar-refractivity contribution in [3.8, 4) is 0 Å². The van der Waals surface area contributed by atoms with Crippen molar-refractivity contribution >= 4 is 11.5 Å². The van der Waals surface area contributed by atoms with E-state index in [1.807, 2.05) is 45.5 Å². The SMILES string of the molecule is Cc1nc(N(C)Cc2cnn(C)c2)ccc1N. The summed E-state index contributed by atoms with van der Waals surface area (Å²) in [5, 5.41) is 4.14. The van der Waals surface area contributed by atoms with Crippen LogP contribution < -0.4 is 10.6 Å². The molecule has 2 aromatic rings. The van der Waals surface area contributed by atoms with Gasteiger partial charge in [0.2, 0.25) is 0 Å². The van der Waals surface area contributed by atoms with Crippen molar-refractivity contribution < 1.29 is 0 Å². The van der Waals surface area contributed by atoms with E-state index in [-0.39, 0.29) is 0 Å². The molecular formula is C12H17N5. The molecule has 0 radical (unpaired) electrons. The van der Waals surface area contributed by atoms with Crippen LogP contribution in [0.25, 0.3) is 0 Å². The Morgan fingerprint density at radius 1 is 1.41 bits per heavy atom. The van der Waals surface area contributed by atoms with E-state index in [9.17, 15) is 0 Å². The van der Waals surface area contributed by atoms with E-state index in [1.165, 1.54) is 0 Å². The highest BCUT2D eigenvalue weighted by Crippen LogP contribution is 2.16. The fourth-order valence-corrected chi connectivity index (χ4v) is 1.68. The highest BCUT2D eigenvalue weighted by Gasteiger charge is 2.06. The highest BCUT2D eigenvalue weighted by atomic mass is 15.2. The molecule has 17 heavy (non-hydrogen) atoms. The maximum Gasteiger partial charge on any atom is 0.128 e. The van der Waals surface area contributed by atoms with E-state index in [2.05, 4.69) is 15.0 Å². The molecule has 0 aliphatic heterocycles. The third-order valence-electron chi connectivity index (χ3n) is 2.68.